The number of nitrogens with zero attached hydrogens (tertiary/aromatic N) is 2. The van der Waals surface area contributed by atoms with Gasteiger partial charge in [0.25, 0.3) is 0 Å². The lowest BCUT2D eigenvalue weighted by Gasteiger charge is -2.27. The maximum atomic E-state index is 12.3. The minimum atomic E-state index is -0.931. The second kappa shape index (κ2) is 5.24. The van der Waals surface area contributed by atoms with Gasteiger partial charge in [-0.1, -0.05) is 19.0 Å². The van der Waals surface area contributed by atoms with Crippen LogP contribution in [0.15, 0.2) is 5.16 Å². The van der Waals surface area contributed by atoms with Crippen molar-refractivity contribution in [1.29, 1.82) is 0 Å². The SMILES string of the molecule is CC(C)CN(CC(N)=O)C(=O)C1(C(N)=NO)CC1. The number of amides is 2. The van der Waals surface area contributed by atoms with Crippen molar-refractivity contribution in [3.63, 3.8) is 0 Å². The monoisotopic (exact) mass is 256 g/mol. The third-order valence-electron chi connectivity index (χ3n) is 2.98. The summed E-state index contributed by atoms with van der Waals surface area (Å²) in [5, 5.41) is 11.6. The van der Waals surface area contributed by atoms with Crippen molar-refractivity contribution in [3.8, 4) is 0 Å². The van der Waals surface area contributed by atoms with E-state index >= 15 is 0 Å². The summed E-state index contributed by atoms with van der Waals surface area (Å²) in [6.45, 7) is 4.15. The minimum Gasteiger partial charge on any atom is -0.409 e. The molecule has 0 aromatic rings. The van der Waals surface area contributed by atoms with Crippen molar-refractivity contribution in [1.82, 2.24) is 4.90 Å². The van der Waals surface area contributed by atoms with Crippen molar-refractivity contribution in [2.45, 2.75) is 26.7 Å². The zero-order valence-electron chi connectivity index (χ0n) is 10.7. The Hall–Kier alpha value is -1.79. The highest BCUT2D eigenvalue weighted by atomic mass is 16.4. The van der Waals surface area contributed by atoms with E-state index < -0.39 is 11.3 Å². The summed E-state index contributed by atoms with van der Waals surface area (Å²) in [5.74, 6) is -0.744. The van der Waals surface area contributed by atoms with E-state index in [1.807, 2.05) is 13.8 Å². The average molecular weight is 256 g/mol. The molecule has 1 fully saturated rings. The molecular weight excluding hydrogens is 236 g/mol. The van der Waals surface area contributed by atoms with Gasteiger partial charge in [-0.2, -0.15) is 0 Å². The number of nitrogens with two attached hydrogens (primary N) is 2. The van der Waals surface area contributed by atoms with Gasteiger partial charge in [-0.3, -0.25) is 9.59 Å². The summed E-state index contributed by atoms with van der Waals surface area (Å²) < 4.78 is 0. The lowest BCUT2D eigenvalue weighted by Crippen LogP contribution is -2.48. The molecule has 0 atom stereocenters. The topological polar surface area (TPSA) is 122 Å². The van der Waals surface area contributed by atoms with Gasteiger partial charge in [-0.05, 0) is 18.8 Å². The summed E-state index contributed by atoms with van der Waals surface area (Å²) in [4.78, 5) is 24.7. The minimum absolute atomic E-state index is 0.0919. The molecule has 0 heterocycles. The molecule has 0 radical (unpaired) electrons. The van der Waals surface area contributed by atoms with Crippen LogP contribution >= 0.6 is 0 Å². The van der Waals surface area contributed by atoms with E-state index in [-0.39, 0.29) is 24.2 Å². The molecule has 1 rings (SSSR count). The molecule has 0 bridgehead atoms. The maximum Gasteiger partial charge on any atom is 0.237 e. The molecule has 7 nitrogen and oxygen atoms in total. The second-order valence-corrected chi connectivity index (χ2v) is 5.11. The van der Waals surface area contributed by atoms with E-state index in [0.29, 0.717) is 19.4 Å². The molecule has 1 aliphatic carbocycles. The van der Waals surface area contributed by atoms with Gasteiger partial charge in [-0.25, -0.2) is 0 Å². The normalized spacial score (nSPS) is 17.6. The first-order valence-electron chi connectivity index (χ1n) is 5.89. The first-order valence-corrected chi connectivity index (χ1v) is 5.89. The fourth-order valence-electron chi connectivity index (χ4n) is 1.95. The van der Waals surface area contributed by atoms with Gasteiger partial charge in [0.2, 0.25) is 11.8 Å². The van der Waals surface area contributed by atoms with Crippen molar-refractivity contribution < 1.29 is 14.8 Å². The van der Waals surface area contributed by atoms with Gasteiger partial charge in [-0.15, -0.1) is 0 Å². The van der Waals surface area contributed by atoms with Crippen LogP contribution < -0.4 is 11.5 Å². The van der Waals surface area contributed by atoms with Crippen LogP contribution in [-0.2, 0) is 9.59 Å². The first-order chi connectivity index (χ1) is 8.33. The molecule has 5 N–H and O–H groups in total. The molecule has 0 aromatic carbocycles. The Bertz CT molecular complexity index is 374. The molecule has 18 heavy (non-hydrogen) atoms. The Morgan fingerprint density at radius 2 is 1.94 bits per heavy atom. The fraction of sp³-hybridized carbons (Fsp3) is 0.727. The molecule has 0 aliphatic heterocycles. The van der Waals surface area contributed by atoms with Crippen LogP contribution in [0.25, 0.3) is 0 Å². The predicted octanol–water partition coefficient (Wildman–Crippen LogP) is -0.517. The Morgan fingerprint density at radius 1 is 1.39 bits per heavy atom. The smallest absolute Gasteiger partial charge is 0.237 e. The molecule has 0 spiro atoms. The zero-order chi connectivity index (χ0) is 13.9. The molecule has 2 amide bonds. The van der Waals surface area contributed by atoms with Gasteiger partial charge < -0.3 is 21.6 Å². The van der Waals surface area contributed by atoms with Crippen molar-refractivity contribution in [3.05, 3.63) is 0 Å². The number of oxime groups is 1. The molecule has 1 aliphatic rings. The molecule has 0 aromatic heterocycles. The van der Waals surface area contributed by atoms with Crippen LogP contribution in [0.2, 0.25) is 0 Å². The lowest BCUT2D eigenvalue weighted by molar-refractivity contribution is -0.138. The van der Waals surface area contributed by atoms with Crippen LogP contribution in [0.4, 0.5) is 0 Å². The van der Waals surface area contributed by atoms with Crippen molar-refractivity contribution >= 4 is 17.6 Å². The van der Waals surface area contributed by atoms with Gasteiger partial charge in [0.05, 0.1) is 6.54 Å². The number of carbonyl (C=O) groups excluding carboxylic acids is 2. The number of amidine groups is 1. The Kier molecular flexibility index (Phi) is 4.15. The lowest BCUT2D eigenvalue weighted by atomic mass is 10.0. The molecule has 1 saturated carbocycles. The van der Waals surface area contributed by atoms with Gasteiger partial charge in [0.1, 0.15) is 5.41 Å². The first kappa shape index (κ1) is 14.3. The number of hydrogen-bond donors (Lipinski definition) is 3. The number of carbonyl (C=O) groups is 2. The van der Waals surface area contributed by atoms with Crippen LogP contribution in [-0.4, -0.2) is 40.8 Å². The van der Waals surface area contributed by atoms with Crippen LogP contribution in [0.3, 0.4) is 0 Å². The van der Waals surface area contributed by atoms with Gasteiger partial charge in [0.15, 0.2) is 5.84 Å². The summed E-state index contributed by atoms with van der Waals surface area (Å²) in [6.07, 6.45) is 1.07. The summed E-state index contributed by atoms with van der Waals surface area (Å²) in [5.41, 5.74) is 9.75. The molecule has 7 heteroatoms. The quantitative estimate of drug-likeness (QED) is 0.256. The van der Waals surface area contributed by atoms with Crippen molar-refractivity contribution in [2.75, 3.05) is 13.1 Å². The van der Waals surface area contributed by atoms with E-state index in [1.165, 1.54) is 4.90 Å². The van der Waals surface area contributed by atoms with E-state index in [1.54, 1.807) is 0 Å². The van der Waals surface area contributed by atoms with Gasteiger partial charge >= 0.3 is 0 Å². The van der Waals surface area contributed by atoms with Crippen LogP contribution in [0.5, 0.6) is 0 Å². The van der Waals surface area contributed by atoms with E-state index in [0.717, 1.165) is 0 Å². The molecule has 0 saturated heterocycles. The van der Waals surface area contributed by atoms with Crippen LogP contribution in [0.1, 0.15) is 26.7 Å². The number of rotatable bonds is 6. The molecule has 102 valence electrons. The highest BCUT2D eigenvalue weighted by Gasteiger charge is 2.55. The molecular formula is C11H20N4O3. The third-order valence-corrected chi connectivity index (χ3v) is 2.98. The Balaban J connectivity index is 2.85. The maximum absolute atomic E-state index is 12.3. The predicted molar refractivity (Wildman–Crippen MR) is 65.7 cm³/mol. The van der Waals surface area contributed by atoms with Crippen LogP contribution in [0, 0.1) is 11.3 Å². The summed E-state index contributed by atoms with van der Waals surface area (Å²) in [6, 6.07) is 0. The summed E-state index contributed by atoms with van der Waals surface area (Å²) in [7, 11) is 0. The highest BCUT2D eigenvalue weighted by Crippen LogP contribution is 2.47. The summed E-state index contributed by atoms with van der Waals surface area (Å²) >= 11 is 0. The largest absolute Gasteiger partial charge is 0.409 e. The molecule has 0 unspecified atom stereocenters. The fourth-order valence-corrected chi connectivity index (χ4v) is 1.95. The number of hydrogen-bond acceptors (Lipinski definition) is 4. The Morgan fingerprint density at radius 3 is 2.28 bits per heavy atom. The van der Waals surface area contributed by atoms with E-state index in [2.05, 4.69) is 5.16 Å². The zero-order valence-corrected chi connectivity index (χ0v) is 10.7. The Labute approximate surface area is 106 Å². The average Bonchev–Trinajstić information content (AvgIpc) is 3.06. The van der Waals surface area contributed by atoms with Crippen molar-refractivity contribution in [2.24, 2.45) is 28.0 Å². The number of primary amides is 1. The van der Waals surface area contributed by atoms with E-state index in [9.17, 15) is 9.59 Å². The van der Waals surface area contributed by atoms with E-state index in [4.69, 9.17) is 16.7 Å². The third kappa shape index (κ3) is 2.91. The second-order valence-electron chi connectivity index (χ2n) is 5.11. The standard InChI is InChI=1S/C11H20N4O3/c1-7(2)5-15(6-8(12)16)10(17)11(3-4-11)9(13)14-18/h7,18H,3-6H2,1-2H3,(H2,12,16)(H2,13,14). The highest BCUT2D eigenvalue weighted by molar-refractivity contribution is 6.10. The van der Waals surface area contributed by atoms with Gasteiger partial charge in [0, 0.05) is 6.54 Å².